The van der Waals surface area contributed by atoms with Gasteiger partial charge in [-0.05, 0) is 19.3 Å². The summed E-state index contributed by atoms with van der Waals surface area (Å²) in [5.41, 5.74) is -0.637. The van der Waals surface area contributed by atoms with E-state index in [0.717, 1.165) is 17.5 Å². The van der Waals surface area contributed by atoms with E-state index >= 15 is 0 Å². The molecule has 0 spiro atoms. The summed E-state index contributed by atoms with van der Waals surface area (Å²) in [6.07, 6.45) is 3.35. The molecule has 0 aromatic carbocycles. The summed E-state index contributed by atoms with van der Waals surface area (Å²) in [5, 5.41) is 3.66. The minimum Gasteiger partial charge on any atom is -0.334 e. The predicted molar refractivity (Wildman–Crippen MR) is 85.4 cm³/mol. The molecular formula is C13H15Cl2N3O4S. The summed E-state index contributed by atoms with van der Waals surface area (Å²) in [5.74, 6) is -0.236. The smallest absolute Gasteiger partial charge is 0.287 e. The molecule has 2 fully saturated rings. The van der Waals surface area contributed by atoms with E-state index in [-0.39, 0.29) is 46.1 Å². The van der Waals surface area contributed by atoms with Crippen LogP contribution in [0.25, 0.3) is 0 Å². The van der Waals surface area contributed by atoms with Gasteiger partial charge in [-0.3, -0.25) is 9.59 Å². The lowest BCUT2D eigenvalue weighted by Gasteiger charge is -2.28. The van der Waals surface area contributed by atoms with Crippen molar-refractivity contribution in [2.24, 2.45) is 0 Å². The van der Waals surface area contributed by atoms with Crippen LogP contribution in [-0.2, 0) is 21.2 Å². The lowest BCUT2D eigenvalue weighted by molar-refractivity contribution is -0.134. The molecule has 126 valence electrons. The predicted octanol–water partition coefficient (Wildman–Crippen LogP) is 0.728. The Hall–Kier alpha value is -1.12. The van der Waals surface area contributed by atoms with E-state index in [1.165, 1.54) is 6.20 Å². The van der Waals surface area contributed by atoms with Gasteiger partial charge in [-0.2, -0.15) is 5.10 Å². The summed E-state index contributed by atoms with van der Waals surface area (Å²) >= 11 is 11.5. The molecule has 1 aromatic heterocycles. The van der Waals surface area contributed by atoms with E-state index in [1.807, 2.05) is 0 Å². The quantitative estimate of drug-likeness (QED) is 0.768. The van der Waals surface area contributed by atoms with E-state index in [1.54, 1.807) is 4.90 Å². The van der Waals surface area contributed by atoms with Crippen LogP contribution in [0.5, 0.6) is 0 Å². The Morgan fingerprint density at radius 2 is 2.00 bits per heavy atom. The second kappa shape index (κ2) is 6.07. The maximum absolute atomic E-state index is 12.6. The monoisotopic (exact) mass is 379 g/mol. The third kappa shape index (κ3) is 3.54. The van der Waals surface area contributed by atoms with Gasteiger partial charge in [0.05, 0.1) is 22.7 Å². The van der Waals surface area contributed by atoms with Gasteiger partial charge in [0, 0.05) is 12.1 Å². The fraction of sp³-hybridized carbons (Fsp3) is 0.615. The van der Waals surface area contributed by atoms with Crippen molar-refractivity contribution in [2.45, 2.75) is 37.9 Å². The molecule has 23 heavy (non-hydrogen) atoms. The average molecular weight is 380 g/mol. The number of sulfone groups is 1. The van der Waals surface area contributed by atoms with Crippen molar-refractivity contribution in [3.63, 3.8) is 0 Å². The Bertz CT molecular complexity index is 804. The number of carbonyl (C=O) groups excluding carboxylic acids is 1. The maximum atomic E-state index is 12.6. The molecule has 1 aliphatic heterocycles. The summed E-state index contributed by atoms with van der Waals surface area (Å²) in [6, 6.07) is -0.266. The van der Waals surface area contributed by atoms with Crippen molar-refractivity contribution in [3.05, 3.63) is 26.6 Å². The zero-order valence-corrected chi connectivity index (χ0v) is 14.4. The van der Waals surface area contributed by atoms with Crippen LogP contribution < -0.4 is 5.56 Å². The first-order valence-electron chi connectivity index (χ1n) is 7.21. The minimum absolute atomic E-state index is 0.0149. The number of carbonyl (C=O) groups is 1. The first kappa shape index (κ1) is 16.7. The zero-order chi connectivity index (χ0) is 16.8. The summed E-state index contributed by atoms with van der Waals surface area (Å²) in [6.45, 7) is -0.275. The lowest BCUT2D eigenvalue weighted by Crippen LogP contribution is -2.45. The van der Waals surface area contributed by atoms with Crippen molar-refractivity contribution >= 4 is 38.9 Å². The van der Waals surface area contributed by atoms with Crippen molar-refractivity contribution in [3.8, 4) is 0 Å². The van der Waals surface area contributed by atoms with E-state index < -0.39 is 15.4 Å². The third-order valence-electron chi connectivity index (χ3n) is 4.06. The van der Waals surface area contributed by atoms with Gasteiger partial charge in [0.1, 0.15) is 11.6 Å². The van der Waals surface area contributed by atoms with Gasteiger partial charge in [0.15, 0.2) is 9.84 Å². The van der Waals surface area contributed by atoms with Gasteiger partial charge in [-0.15, -0.1) is 0 Å². The highest BCUT2D eigenvalue weighted by atomic mass is 35.5. The largest absolute Gasteiger partial charge is 0.334 e. The highest BCUT2D eigenvalue weighted by molar-refractivity contribution is 7.91. The highest BCUT2D eigenvalue weighted by Gasteiger charge is 2.42. The normalized spacial score (nSPS) is 23.0. The van der Waals surface area contributed by atoms with Crippen LogP contribution in [-0.4, -0.2) is 52.6 Å². The number of nitrogens with zero attached hydrogens (tertiary/aromatic N) is 3. The van der Waals surface area contributed by atoms with Crippen LogP contribution in [0.4, 0.5) is 0 Å². The van der Waals surface area contributed by atoms with Crippen LogP contribution in [0.1, 0.15) is 19.3 Å². The van der Waals surface area contributed by atoms with Gasteiger partial charge < -0.3 is 4.90 Å². The number of rotatable bonds is 4. The van der Waals surface area contributed by atoms with E-state index in [2.05, 4.69) is 5.10 Å². The minimum atomic E-state index is -3.09. The Morgan fingerprint density at radius 1 is 1.30 bits per heavy atom. The number of aromatic nitrogens is 2. The third-order valence-corrected chi connectivity index (χ3v) is 6.56. The average Bonchev–Trinajstić information content (AvgIpc) is 3.24. The van der Waals surface area contributed by atoms with Crippen LogP contribution in [0.15, 0.2) is 11.0 Å². The second-order valence-corrected chi connectivity index (χ2v) is 8.87. The standard InChI is InChI=1S/C13H15Cl2N3O4S/c14-10-5-16-17(13(20)12(10)15)6-11(19)18(8-1-2-8)9-3-4-23(21,22)7-9/h5,8-9H,1-4,6-7H2. The Kier molecular flexibility index (Phi) is 4.41. The van der Waals surface area contributed by atoms with Crippen LogP contribution in [0, 0.1) is 0 Å². The van der Waals surface area contributed by atoms with Gasteiger partial charge in [0.25, 0.3) is 5.56 Å². The maximum Gasteiger partial charge on any atom is 0.287 e. The molecular weight excluding hydrogens is 365 g/mol. The molecule has 3 rings (SSSR count). The fourth-order valence-electron chi connectivity index (χ4n) is 2.82. The number of halogens is 2. The molecule has 0 bridgehead atoms. The second-order valence-electron chi connectivity index (χ2n) is 5.86. The SMILES string of the molecule is O=C(Cn1ncc(Cl)c(Cl)c1=O)N(C1CC1)C1CCS(=O)(=O)C1. The zero-order valence-electron chi connectivity index (χ0n) is 12.1. The fourth-order valence-corrected chi connectivity index (χ4v) is 4.80. The van der Waals surface area contributed by atoms with Gasteiger partial charge in [-0.1, -0.05) is 23.2 Å². The Morgan fingerprint density at radius 3 is 2.57 bits per heavy atom. The van der Waals surface area contributed by atoms with Crippen molar-refractivity contribution in [1.29, 1.82) is 0 Å². The van der Waals surface area contributed by atoms with Crippen LogP contribution in [0.2, 0.25) is 10.0 Å². The molecule has 1 amide bonds. The molecule has 2 aliphatic rings. The van der Waals surface area contributed by atoms with Crippen molar-refractivity contribution < 1.29 is 13.2 Å². The molecule has 1 saturated carbocycles. The van der Waals surface area contributed by atoms with Crippen LogP contribution >= 0.6 is 23.2 Å². The van der Waals surface area contributed by atoms with Crippen molar-refractivity contribution in [1.82, 2.24) is 14.7 Å². The molecule has 1 unspecified atom stereocenters. The molecule has 1 saturated heterocycles. The first-order chi connectivity index (χ1) is 10.8. The molecule has 7 nitrogen and oxygen atoms in total. The topological polar surface area (TPSA) is 89.3 Å². The van der Waals surface area contributed by atoms with Crippen LogP contribution in [0.3, 0.4) is 0 Å². The van der Waals surface area contributed by atoms with E-state index in [9.17, 15) is 18.0 Å². The molecule has 2 heterocycles. The number of hydrogen-bond acceptors (Lipinski definition) is 5. The molecule has 1 aromatic rings. The molecule has 0 N–H and O–H groups in total. The summed E-state index contributed by atoms with van der Waals surface area (Å²) in [4.78, 5) is 26.2. The molecule has 1 atom stereocenters. The van der Waals surface area contributed by atoms with Gasteiger partial charge in [0.2, 0.25) is 5.91 Å². The number of amides is 1. The number of hydrogen-bond donors (Lipinski definition) is 0. The molecule has 0 radical (unpaired) electrons. The van der Waals surface area contributed by atoms with E-state index in [0.29, 0.717) is 6.42 Å². The highest BCUT2D eigenvalue weighted by Crippen LogP contribution is 2.32. The molecule has 10 heteroatoms. The first-order valence-corrected chi connectivity index (χ1v) is 9.79. The summed E-state index contributed by atoms with van der Waals surface area (Å²) < 4.78 is 24.3. The Labute approximate surface area is 143 Å². The molecule has 1 aliphatic carbocycles. The van der Waals surface area contributed by atoms with Crippen molar-refractivity contribution in [2.75, 3.05) is 11.5 Å². The summed E-state index contributed by atoms with van der Waals surface area (Å²) in [7, 11) is -3.09. The lowest BCUT2D eigenvalue weighted by atomic mass is 10.2. The van der Waals surface area contributed by atoms with Gasteiger partial charge in [-0.25, -0.2) is 13.1 Å². The van der Waals surface area contributed by atoms with Gasteiger partial charge >= 0.3 is 0 Å². The van der Waals surface area contributed by atoms with E-state index in [4.69, 9.17) is 23.2 Å². The Balaban J connectivity index is 1.81.